The van der Waals surface area contributed by atoms with Gasteiger partial charge in [-0.05, 0) is 6.42 Å². The van der Waals surface area contributed by atoms with E-state index in [0.29, 0.717) is 17.9 Å². The smallest absolute Gasteiger partial charge is 0.325 e. The molecule has 3 amide bonds. The topological polar surface area (TPSA) is 75.4 Å². The maximum absolute atomic E-state index is 12.2. The summed E-state index contributed by atoms with van der Waals surface area (Å²) in [5.74, 6) is 0.420. The first kappa shape index (κ1) is 14.3. The molecule has 0 unspecified atom stereocenters. The van der Waals surface area contributed by atoms with E-state index >= 15 is 0 Å². The van der Waals surface area contributed by atoms with Crippen LogP contribution in [0.4, 0.5) is 4.79 Å². The summed E-state index contributed by atoms with van der Waals surface area (Å²) in [7, 11) is 0. The molecule has 1 atom stereocenters. The van der Waals surface area contributed by atoms with Crippen molar-refractivity contribution in [1.82, 2.24) is 15.4 Å². The summed E-state index contributed by atoms with van der Waals surface area (Å²) >= 11 is 0. The zero-order valence-electron chi connectivity index (χ0n) is 12.3. The van der Waals surface area contributed by atoms with Crippen LogP contribution in [-0.2, 0) is 11.3 Å². The molecule has 2 aromatic rings. The highest BCUT2D eigenvalue weighted by Gasteiger charge is 2.37. The molecule has 1 fully saturated rings. The fourth-order valence-corrected chi connectivity index (χ4v) is 2.50. The summed E-state index contributed by atoms with van der Waals surface area (Å²) in [6.07, 6.45) is 1.49. The Balaban J connectivity index is 1.73. The van der Waals surface area contributed by atoms with Crippen LogP contribution in [0.2, 0.25) is 0 Å². The van der Waals surface area contributed by atoms with Gasteiger partial charge in [0.2, 0.25) is 0 Å². The van der Waals surface area contributed by atoms with E-state index in [1.807, 2.05) is 37.3 Å². The molecule has 3 rings (SSSR count). The number of hydrogen-bond acceptors (Lipinski definition) is 4. The molecule has 1 aliphatic rings. The number of amides is 3. The van der Waals surface area contributed by atoms with Crippen LogP contribution in [0.15, 0.2) is 40.9 Å². The second-order valence-electron chi connectivity index (χ2n) is 5.26. The molecule has 1 N–H and O–H groups in total. The third kappa shape index (κ3) is 2.72. The minimum absolute atomic E-state index is 0.126. The van der Waals surface area contributed by atoms with E-state index in [4.69, 9.17) is 4.52 Å². The lowest BCUT2D eigenvalue weighted by atomic mass is 10.1. The molecule has 1 saturated heterocycles. The van der Waals surface area contributed by atoms with Crippen LogP contribution in [0.3, 0.4) is 0 Å². The predicted octanol–water partition coefficient (Wildman–Crippen LogP) is 2.56. The molecule has 22 heavy (non-hydrogen) atoms. The third-order valence-corrected chi connectivity index (χ3v) is 3.62. The summed E-state index contributed by atoms with van der Waals surface area (Å²) < 4.78 is 5.29. The van der Waals surface area contributed by atoms with Crippen LogP contribution in [0.1, 0.15) is 25.5 Å². The Kier molecular flexibility index (Phi) is 3.91. The summed E-state index contributed by atoms with van der Waals surface area (Å²) in [6.45, 7) is 2.10. The Morgan fingerprint density at radius 1 is 1.27 bits per heavy atom. The van der Waals surface area contributed by atoms with Crippen molar-refractivity contribution in [2.75, 3.05) is 0 Å². The van der Waals surface area contributed by atoms with Gasteiger partial charge in [0.15, 0.2) is 5.76 Å². The van der Waals surface area contributed by atoms with Gasteiger partial charge in [-0.2, -0.15) is 0 Å². The molecule has 0 bridgehead atoms. The molecular formula is C16H17N3O3. The highest BCUT2D eigenvalue weighted by atomic mass is 16.5. The fraction of sp³-hybridized carbons (Fsp3) is 0.312. The molecule has 0 aliphatic carbocycles. The highest BCUT2D eigenvalue weighted by Crippen LogP contribution is 2.21. The molecule has 1 aliphatic heterocycles. The van der Waals surface area contributed by atoms with E-state index in [1.54, 1.807) is 6.07 Å². The quantitative estimate of drug-likeness (QED) is 0.861. The Labute approximate surface area is 128 Å². The molecule has 2 heterocycles. The summed E-state index contributed by atoms with van der Waals surface area (Å²) in [6, 6.07) is 10.5. The fourth-order valence-electron chi connectivity index (χ4n) is 2.50. The number of urea groups is 1. The van der Waals surface area contributed by atoms with E-state index in [-0.39, 0.29) is 18.5 Å². The van der Waals surface area contributed by atoms with Crippen molar-refractivity contribution in [1.29, 1.82) is 0 Å². The Hall–Kier alpha value is -2.63. The van der Waals surface area contributed by atoms with Gasteiger partial charge in [0.25, 0.3) is 5.91 Å². The molecule has 6 heteroatoms. The van der Waals surface area contributed by atoms with Crippen molar-refractivity contribution in [3.8, 4) is 11.3 Å². The molecular weight excluding hydrogens is 282 g/mol. The van der Waals surface area contributed by atoms with Crippen molar-refractivity contribution in [3.63, 3.8) is 0 Å². The zero-order chi connectivity index (χ0) is 15.5. The van der Waals surface area contributed by atoms with Crippen LogP contribution < -0.4 is 5.32 Å². The minimum atomic E-state index is -0.419. The van der Waals surface area contributed by atoms with Crippen molar-refractivity contribution in [3.05, 3.63) is 42.1 Å². The van der Waals surface area contributed by atoms with E-state index in [1.165, 1.54) is 4.90 Å². The summed E-state index contributed by atoms with van der Waals surface area (Å²) in [5.41, 5.74) is 1.46. The molecule has 0 radical (unpaired) electrons. The van der Waals surface area contributed by atoms with Crippen LogP contribution in [0.5, 0.6) is 0 Å². The van der Waals surface area contributed by atoms with E-state index in [2.05, 4.69) is 10.5 Å². The summed E-state index contributed by atoms with van der Waals surface area (Å²) in [4.78, 5) is 25.2. The van der Waals surface area contributed by atoms with Gasteiger partial charge in [-0.15, -0.1) is 0 Å². The third-order valence-electron chi connectivity index (χ3n) is 3.62. The van der Waals surface area contributed by atoms with Crippen LogP contribution >= 0.6 is 0 Å². The molecule has 1 aromatic heterocycles. The van der Waals surface area contributed by atoms with Gasteiger partial charge in [0.1, 0.15) is 11.7 Å². The van der Waals surface area contributed by atoms with E-state index in [9.17, 15) is 9.59 Å². The average molecular weight is 299 g/mol. The molecule has 1 aromatic carbocycles. The number of carbonyl (C=O) groups is 2. The number of imide groups is 1. The number of nitrogens with zero attached hydrogens (tertiary/aromatic N) is 2. The van der Waals surface area contributed by atoms with Gasteiger partial charge < -0.3 is 9.84 Å². The standard InChI is InChI=1S/C16H17N3O3/c1-2-6-13-15(20)19(16(21)17-13)10-12-9-14(22-18-12)11-7-4-3-5-8-11/h3-5,7-9,13H,2,6,10H2,1H3,(H,17,21)/t13-/m0/s1. The largest absolute Gasteiger partial charge is 0.356 e. The van der Waals surface area contributed by atoms with E-state index in [0.717, 1.165) is 12.0 Å². The number of carbonyl (C=O) groups excluding carboxylic acids is 2. The maximum atomic E-state index is 12.2. The Morgan fingerprint density at radius 2 is 2.05 bits per heavy atom. The van der Waals surface area contributed by atoms with Gasteiger partial charge >= 0.3 is 6.03 Å². The lowest BCUT2D eigenvalue weighted by Crippen LogP contribution is -2.31. The second-order valence-corrected chi connectivity index (χ2v) is 5.26. The van der Waals surface area contributed by atoms with Crippen LogP contribution in [0, 0.1) is 0 Å². The summed E-state index contributed by atoms with van der Waals surface area (Å²) in [5, 5.41) is 6.64. The molecule has 6 nitrogen and oxygen atoms in total. The van der Waals surface area contributed by atoms with Gasteiger partial charge in [0, 0.05) is 11.6 Å². The maximum Gasteiger partial charge on any atom is 0.325 e. The Bertz CT molecular complexity index is 681. The number of rotatable bonds is 5. The van der Waals surface area contributed by atoms with E-state index < -0.39 is 6.04 Å². The van der Waals surface area contributed by atoms with Crippen LogP contribution in [-0.4, -0.2) is 28.0 Å². The molecule has 114 valence electrons. The van der Waals surface area contributed by atoms with Crippen molar-refractivity contribution in [2.45, 2.75) is 32.4 Å². The number of hydrogen-bond donors (Lipinski definition) is 1. The van der Waals surface area contributed by atoms with Crippen molar-refractivity contribution >= 4 is 11.9 Å². The van der Waals surface area contributed by atoms with Gasteiger partial charge in [0.05, 0.1) is 6.54 Å². The second kappa shape index (κ2) is 6.01. The normalized spacial score (nSPS) is 17.9. The SMILES string of the molecule is CCC[C@@H]1NC(=O)N(Cc2cc(-c3ccccc3)on2)C1=O. The predicted molar refractivity (Wildman–Crippen MR) is 79.7 cm³/mol. The zero-order valence-corrected chi connectivity index (χ0v) is 12.3. The van der Waals surface area contributed by atoms with Crippen molar-refractivity contribution < 1.29 is 14.1 Å². The van der Waals surface area contributed by atoms with Crippen LogP contribution in [0.25, 0.3) is 11.3 Å². The average Bonchev–Trinajstić information content (AvgIpc) is 3.10. The molecule has 0 saturated carbocycles. The number of benzene rings is 1. The minimum Gasteiger partial charge on any atom is -0.356 e. The van der Waals surface area contributed by atoms with Crippen molar-refractivity contribution in [2.24, 2.45) is 0 Å². The molecule has 0 spiro atoms. The van der Waals surface area contributed by atoms with Gasteiger partial charge in [-0.25, -0.2) is 4.79 Å². The number of nitrogens with one attached hydrogen (secondary N) is 1. The lowest BCUT2D eigenvalue weighted by molar-refractivity contribution is -0.128. The van der Waals surface area contributed by atoms with Gasteiger partial charge in [-0.3, -0.25) is 9.69 Å². The number of aromatic nitrogens is 1. The first-order chi connectivity index (χ1) is 10.7. The monoisotopic (exact) mass is 299 g/mol. The van der Waals surface area contributed by atoms with Gasteiger partial charge in [-0.1, -0.05) is 48.8 Å². The lowest BCUT2D eigenvalue weighted by Gasteiger charge is -2.10. The first-order valence-corrected chi connectivity index (χ1v) is 7.32. The first-order valence-electron chi connectivity index (χ1n) is 7.32. The Morgan fingerprint density at radius 3 is 2.77 bits per heavy atom. The highest BCUT2D eigenvalue weighted by molar-refractivity contribution is 6.04.